The van der Waals surface area contributed by atoms with Crippen molar-refractivity contribution >= 4 is 45.5 Å². The van der Waals surface area contributed by atoms with Gasteiger partial charge in [0.15, 0.2) is 0 Å². The van der Waals surface area contributed by atoms with Crippen LogP contribution in [0.25, 0.3) is 22.0 Å². The molecule has 0 spiro atoms. The van der Waals surface area contributed by atoms with E-state index >= 15 is 0 Å². The average Bonchev–Trinajstić information content (AvgIpc) is 3.38. The second kappa shape index (κ2) is 10.9. The summed E-state index contributed by atoms with van der Waals surface area (Å²) in [5, 5.41) is 14.6. The molecule has 0 amide bonds. The predicted octanol–water partition coefficient (Wildman–Crippen LogP) is 7.42. The number of rotatable bonds is 7. The number of pyridine rings is 1. The van der Waals surface area contributed by atoms with Crippen molar-refractivity contribution in [1.29, 1.82) is 5.26 Å². The maximum atomic E-state index is 9.81. The lowest BCUT2D eigenvalue weighted by Gasteiger charge is -2.25. The summed E-state index contributed by atoms with van der Waals surface area (Å²) >= 11 is 12.7. The second-order valence-corrected chi connectivity index (χ2v) is 9.77. The van der Waals surface area contributed by atoms with Gasteiger partial charge in [0.25, 0.3) is 0 Å². The van der Waals surface area contributed by atoms with Crippen LogP contribution >= 0.6 is 23.2 Å². The van der Waals surface area contributed by atoms with Crippen LogP contribution in [0.5, 0.6) is 11.5 Å². The minimum Gasteiger partial charge on any atom is -0.496 e. The van der Waals surface area contributed by atoms with Gasteiger partial charge in [-0.15, -0.1) is 0 Å². The molecule has 0 aliphatic carbocycles. The fourth-order valence-electron chi connectivity index (χ4n) is 4.69. The second-order valence-electron chi connectivity index (χ2n) is 8.96. The molecule has 190 valence electrons. The third-order valence-electron chi connectivity index (χ3n) is 6.60. The quantitative estimate of drug-likeness (QED) is 0.263. The zero-order chi connectivity index (χ0) is 25.9. The van der Waals surface area contributed by atoms with Gasteiger partial charge in [0.05, 0.1) is 59.5 Å². The number of nitriles is 1. The molecule has 0 radical (unpaired) electrons. The third kappa shape index (κ3) is 5.19. The number of hydrogen-bond acceptors (Lipinski definition) is 7. The molecule has 1 fully saturated rings. The number of anilines is 2. The average molecular weight is 537 g/mol. The number of likely N-dealkylation sites (tertiary alicyclic amines) is 1. The summed E-state index contributed by atoms with van der Waals surface area (Å²) in [6, 6.07) is 11.4. The maximum Gasteiger partial charge on any atom is 0.139 e. The Morgan fingerprint density at radius 2 is 1.81 bits per heavy atom. The summed E-state index contributed by atoms with van der Waals surface area (Å²) in [4.78, 5) is 6.97. The van der Waals surface area contributed by atoms with Gasteiger partial charge < -0.3 is 19.2 Å². The molecule has 9 heteroatoms. The normalized spacial score (nSPS) is 13.9. The van der Waals surface area contributed by atoms with Crippen molar-refractivity contribution in [2.75, 3.05) is 32.6 Å². The number of methoxy groups -OCH3 is 2. The van der Waals surface area contributed by atoms with Crippen molar-refractivity contribution in [1.82, 2.24) is 9.88 Å². The molecule has 7 nitrogen and oxygen atoms in total. The van der Waals surface area contributed by atoms with Gasteiger partial charge in [-0.1, -0.05) is 29.6 Å². The van der Waals surface area contributed by atoms with Crippen LogP contribution in [0.1, 0.15) is 30.6 Å². The Balaban J connectivity index is 1.54. The SMILES string of the molecule is COc1cc(Nc2c(C#N)cnc3cc(-c4coc(CN5CCCCC5)c4)c(OC)cc23)c(Cl)cc1Cl. The molecule has 4 aromatic rings. The molecule has 37 heavy (non-hydrogen) atoms. The Hall–Kier alpha value is -3.44. The Morgan fingerprint density at radius 1 is 1.03 bits per heavy atom. The summed E-state index contributed by atoms with van der Waals surface area (Å²) in [5.41, 5.74) is 3.93. The van der Waals surface area contributed by atoms with Crippen LogP contribution in [0.2, 0.25) is 10.0 Å². The smallest absolute Gasteiger partial charge is 0.139 e. The zero-order valence-corrected chi connectivity index (χ0v) is 22.1. The standard InChI is InChI=1S/C28H26Cl2N4O3/c1-35-26-10-21-24(9-20(26)17-8-19(37-16-17)15-34-6-4-3-5-7-34)32-14-18(13-31)28(21)33-25-12-27(36-2)23(30)11-22(25)29/h8-12,14,16H,3-7,15H2,1-2H3,(H,32,33). The van der Waals surface area contributed by atoms with Gasteiger partial charge in [-0.25, -0.2) is 0 Å². The van der Waals surface area contributed by atoms with E-state index < -0.39 is 0 Å². The lowest BCUT2D eigenvalue weighted by atomic mass is 10.0. The first kappa shape index (κ1) is 25.2. The van der Waals surface area contributed by atoms with Gasteiger partial charge in [0, 0.05) is 28.8 Å². The molecule has 2 aromatic carbocycles. The van der Waals surface area contributed by atoms with Gasteiger partial charge in [-0.3, -0.25) is 9.88 Å². The Labute approximate surface area is 225 Å². The van der Waals surface area contributed by atoms with Gasteiger partial charge in [0.1, 0.15) is 23.3 Å². The first-order chi connectivity index (χ1) is 18.0. The highest BCUT2D eigenvalue weighted by Crippen LogP contribution is 2.41. The van der Waals surface area contributed by atoms with E-state index in [1.165, 1.54) is 26.4 Å². The Bertz CT molecular complexity index is 1490. The minimum absolute atomic E-state index is 0.361. The lowest BCUT2D eigenvalue weighted by Crippen LogP contribution is -2.28. The first-order valence-corrected chi connectivity index (χ1v) is 12.8. The van der Waals surface area contributed by atoms with Gasteiger partial charge in [-0.2, -0.15) is 5.26 Å². The molecule has 0 bridgehead atoms. The number of aromatic nitrogens is 1. The van der Waals surface area contributed by atoms with Crippen LogP contribution in [0.4, 0.5) is 11.4 Å². The largest absolute Gasteiger partial charge is 0.496 e. The number of furan rings is 1. The van der Waals surface area contributed by atoms with Crippen molar-refractivity contribution < 1.29 is 13.9 Å². The topological polar surface area (TPSA) is 83.5 Å². The molecule has 1 saturated heterocycles. The van der Waals surface area contributed by atoms with Gasteiger partial charge in [0.2, 0.25) is 0 Å². The van der Waals surface area contributed by atoms with Crippen molar-refractivity contribution in [3.8, 4) is 28.7 Å². The van der Waals surface area contributed by atoms with E-state index in [1.54, 1.807) is 31.7 Å². The fraction of sp³-hybridized carbons (Fsp3) is 0.286. The van der Waals surface area contributed by atoms with Crippen LogP contribution in [-0.2, 0) is 6.54 Å². The van der Waals surface area contributed by atoms with E-state index in [0.29, 0.717) is 49.4 Å². The summed E-state index contributed by atoms with van der Waals surface area (Å²) in [6.45, 7) is 2.98. The van der Waals surface area contributed by atoms with Crippen LogP contribution in [-0.4, -0.2) is 37.2 Å². The molecule has 1 aliphatic heterocycles. The highest BCUT2D eigenvalue weighted by atomic mass is 35.5. The molecule has 0 atom stereocenters. The lowest BCUT2D eigenvalue weighted by molar-refractivity contribution is 0.205. The summed E-state index contributed by atoms with van der Waals surface area (Å²) < 4.78 is 17.0. The molecule has 0 unspecified atom stereocenters. The number of ether oxygens (including phenoxy) is 2. The van der Waals surface area contributed by atoms with E-state index in [2.05, 4.69) is 27.3 Å². The first-order valence-electron chi connectivity index (χ1n) is 12.0. The van der Waals surface area contributed by atoms with Crippen LogP contribution in [0.3, 0.4) is 0 Å². The van der Waals surface area contributed by atoms with Crippen LogP contribution in [0.15, 0.2) is 47.2 Å². The van der Waals surface area contributed by atoms with E-state index in [9.17, 15) is 5.26 Å². The summed E-state index contributed by atoms with van der Waals surface area (Å²) in [7, 11) is 3.15. The number of piperidine rings is 1. The Kier molecular flexibility index (Phi) is 7.43. The monoisotopic (exact) mass is 536 g/mol. The predicted molar refractivity (Wildman–Crippen MR) is 146 cm³/mol. The van der Waals surface area contributed by atoms with E-state index in [0.717, 1.165) is 36.5 Å². The van der Waals surface area contributed by atoms with Crippen LogP contribution < -0.4 is 14.8 Å². The number of nitrogens with one attached hydrogen (secondary N) is 1. The van der Waals surface area contributed by atoms with Crippen molar-refractivity contribution in [3.05, 3.63) is 64.2 Å². The number of nitrogens with zero attached hydrogens (tertiary/aromatic N) is 3. The minimum atomic E-state index is 0.361. The Morgan fingerprint density at radius 3 is 2.54 bits per heavy atom. The van der Waals surface area contributed by atoms with E-state index in [4.69, 9.17) is 37.1 Å². The highest BCUT2D eigenvalue weighted by molar-refractivity contribution is 6.37. The van der Waals surface area contributed by atoms with Gasteiger partial charge in [-0.05, 0) is 50.2 Å². The van der Waals surface area contributed by atoms with E-state index in [1.807, 2.05) is 12.1 Å². The number of fused-ring (bicyclic) bond motifs is 1. The van der Waals surface area contributed by atoms with Crippen LogP contribution in [0, 0.1) is 11.3 Å². The maximum absolute atomic E-state index is 9.81. The molecular weight excluding hydrogens is 511 g/mol. The number of halogens is 2. The molecule has 3 heterocycles. The van der Waals surface area contributed by atoms with E-state index in [-0.39, 0.29) is 0 Å². The number of benzene rings is 2. The molecule has 5 rings (SSSR count). The number of hydrogen-bond donors (Lipinski definition) is 1. The molecule has 1 aliphatic rings. The van der Waals surface area contributed by atoms with Crippen molar-refractivity contribution in [2.24, 2.45) is 0 Å². The molecule has 2 aromatic heterocycles. The van der Waals surface area contributed by atoms with Gasteiger partial charge >= 0.3 is 0 Å². The summed E-state index contributed by atoms with van der Waals surface area (Å²) in [5.74, 6) is 2.02. The fourth-order valence-corrected chi connectivity index (χ4v) is 5.20. The third-order valence-corrected chi connectivity index (χ3v) is 7.21. The summed E-state index contributed by atoms with van der Waals surface area (Å²) in [6.07, 6.45) is 7.05. The zero-order valence-electron chi connectivity index (χ0n) is 20.6. The molecule has 1 N–H and O–H groups in total. The molecule has 0 saturated carbocycles. The van der Waals surface area contributed by atoms with Crippen molar-refractivity contribution in [3.63, 3.8) is 0 Å². The molecular formula is C28H26Cl2N4O3. The van der Waals surface area contributed by atoms with Crippen molar-refractivity contribution in [2.45, 2.75) is 25.8 Å². The highest BCUT2D eigenvalue weighted by Gasteiger charge is 2.19.